The molecule has 1 aliphatic rings. The van der Waals surface area contributed by atoms with Gasteiger partial charge in [0.25, 0.3) is 0 Å². The van der Waals surface area contributed by atoms with Gasteiger partial charge in [0.2, 0.25) is 5.91 Å². The number of hydrogen-bond donors (Lipinski definition) is 1. The van der Waals surface area contributed by atoms with Crippen LogP contribution in [0.25, 0.3) is 0 Å². The summed E-state index contributed by atoms with van der Waals surface area (Å²) in [6.45, 7) is 6.42. The van der Waals surface area contributed by atoms with E-state index in [1.165, 1.54) is 6.92 Å². The average molecular weight is 263 g/mol. The minimum Gasteiger partial charge on any atom is -0.388 e. The monoisotopic (exact) mass is 263 g/mol. The standard InChI is InChI=1S/C15H21NO3/c1-11(17)16-10-15(2,3)19-9-8-14(18)12-6-4-5-7-13(12)16/h4-7,14,18H,8-10H2,1-3H3. The van der Waals surface area contributed by atoms with E-state index < -0.39 is 11.7 Å². The summed E-state index contributed by atoms with van der Waals surface area (Å²) in [5.41, 5.74) is 1.14. The number of anilines is 1. The van der Waals surface area contributed by atoms with Gasteiger partial charge in [-0.15, -0.1) is 0 Å². The minimum atomic E-state index is -0.605. The van der Waals surface area contributed by atoms with Gasteiger partial charge in [0.15, 0.2) is 0 Å². The summed E-state index contributed by atoms with van der Waals surface area (Å²) in [5, 5.41) is 10.2. The molecule has 1 amide bonds. The maximum absolute atomic E-state index is 11.9. The lowest BCUT2D eigenvalue weighted by Crippen LogP contribution is -2.43. The lowest BCUT2D eigenvalue weighted by atomic mass is 10.0. The van der Waals surface area contributed by atoms with Crippen LogP contribution in [0.4, 0.5) is 5.69 Å². The number of ether oxygens (including phenoxy) is 1. The highest BCUT2D eigenvalue weighted by Crippen LogP contribution is 2.32. The highest BCUT2D eigenvalue weighted by atomic mass is 16.5. The Hall–Kier alpha value is -1.39. The number of aliphatic hydroxyl groups excluding tert-OH is 1. The molecule has 1 aromatic rings. The van der Waals surface area contributed by atoms with Crippen molar-refractivity contribution >= 4 is 11.6 Å². The van der Waals surface area contributed by atoms with Crippen LogP contribution in [-0.2, 0) is 9.53 Å². The second-order valence-electron chi connectivity index (χ2n) is 5.58. The summed E-state index contributed by atoms with van der Waals surface area (Å²) >= 11 is 0. The number of benzene rings is 1. The molecule has 1 unspecified atom stereocenters. The lowest BCUT2D eigenvalue weighted by Gasteiger charge is -2.32. The minimum absolute atomic E-state index is 0.0433. The van der Waals surface area contributed by atoms with Crippen molar-refractivity contribution in [3.8, 4) is 0 Å². The Morgan fingerprint density at radius 1 is 1.42 bits per heavy atom. The molecule has 19 heavy (non-hydrogen) atoms. The van der Waals surface area contributed by atoms with Crippen LogP contribution in [0.3, 0.4) is 0 Å². The van der Waals surface area contributed by atoms with Crippen LogP contribution >= 0.6 is 0 Å². The van der Waals surface area contributed by atoms with Gasteiger partial charge >= 0.3 is 0 Å². The van der Waals surface area contributed by atoms with Crippen LogP contribution < -0.4 is 4.90 Å². The van der Waals surface area contributed by atoms with Gasteiger partial charge in [0.05, 0.1) is 24.9 Å². The van der Waals surface area contributed by atoms with E-state index in [2.05, 4.69) is 0 Å². The average Bonchev–Trinajstić information content (AvgIpc) is 2.39. The first-order valence-electron chi connectivity index (χ1n) is 6.60. The zero-order valence-corrected chi connectivity index (χ0v) is 11.7. The van der Waals surface area contributed by atoms with Crippen LogP contribution in [-0.4, -0.2) is 29.8 Å². The van der Waals surface area contributed by atoms with E-state index in [9.17, 15) is 9.90 Å². The quantitative estimate of drug-likeness (QED) is 0.781. The fraction of sp³-hybridized carbons (Fsp3) is 0.533. The highest BCUT2D eigenvalue weighted by molar-refractivity contribution is 5.92. The largest absolute Gasteiger partial charge is 0.388 e. The summed E-state index contributed by atoms with van der Waals surface area (Å²) in [6, 6.07) is 7.51. The molecule has 0 spiro atoms. The van der Waals surface area contributed by atoms with Gasteiger partial charge in [0, 0.05) is 24.6 Å². The van der Waals surface area contributed by atoms with E-state index in [-0.39, 0.29) is 5.91 Å². The molecule has 2 rings (SSSR count). The molecule has 0 radical (unpaired) electrons. The third-order valence-electron chi connectivity index (χ3n) is 3.39. The fourth-order valence-electron chi connectivity index (χ4n) is 2.41. The molecule has 4 heteroatoms. The van der Waals surface area contributed by atoms with E-state index in [4.69, 9.17) is 4.74 Å². The Kier molecular flexibility index (Phi) is 3.92. The van der Waals surface area contributed by atoms with Gasteiger partial charge in [-0.3, -0.25) is 4.79 Å². The molecule has 0 saturated heterocycles. The first kappa shape index (κ1) is 14.0. The molecule has 1 atom stereocenters. The molecule has 0 aromatic heterocycles. The summed E-state index contributed by atoms with van der Waals surface area (Å²) in [6.07, 6.45) is -0.0708. The third-order valence-corrected chi connectivity index (χ3v) is 3.39. The molecule has 4 nitrogen and oxygen atoms in total. The maximum Gasteiger partial charge on any atom is 0.223 e. The number of rotatable bonds is 0. The van der Waals surface area contributed by atoms with Crippen molar-refractivity contribution in [3.05, 3.63) is 29.8 Å². The molecule has 1 aromatic carbocycles. The van der Waals surface area contributed by atoms with Crippen molar-refractivity contribution in [1.29, 1.82) is 0 Å². The van der Waals surface area contributed by atoms with Crippen LogP contribution in [0, 0.1) is 0 Å². The lowest BCUT2D eigenvalue weighted by molar-refractivity contribution is -0.117. The number of carbonyl (C=O) groups is 1. The number of carbonyl (C=O) groups excluding carboxylic acids is 1. The highest BCUT2D eigenvalue weighted by Gasteiger charge is 2.29. The van der Waals surface area contributed by atoms with Crippen LogP contribution in [0.5, 0.6) is 0 Å². The first-order valence-corrected chi connectivity index (χ1v) is 6.60. The second-order valence-corrected chi connectivity index (χ2v) is 5.58. The smallest absolute Gasteiger partial charge is 0.223 e. The normalized spacial score (nSPS) is 22.9. The van der Waals surface area contributed by atoms with Crippen LogP contribution in [0.1, 0.15) is 38.9 Å². The number of nitrogens with zero attached hydrogens (tertiary/aromatic N) is 1. The van der Waals surface area contributed by atoms with E-state index in [1.54, 1.807) is 4.90 Å². The van der Waals surface area contributed by atoms with Gasteiger partial charge in [-0.1, -0.05) is 18.2 Å². The Balaban J connectivity index is 2.49. The molecule has 0 aliphatic carbocycles. The van der Waals surface area contributed by atoms with Crippen molar-refractivity contribution < 1.29 is 14.6 Å². The van der Waals surface area contributed by atoms with E-state index in [1.807, 2.05) is 38.1 Å². The van der Waals surface area contributed by atoms with E-state index >= 15 is 0 Å². The predicted octanol–water partition coefficient (Wildman–Crippen LogP) is 2.27. The molecule has 1 aliphatic heterocycles. The van der Waals surface area contributed by atoms with E-state index in [0.717, 1.165) is 11.3 Å². The second kappa shape index (κ2) is 5.31. The van der Waals surface area contributed by atoms with Gasteiger partial charge in [-0.25, -0.2) is 0 Å². The predicted molar refractivity (Wildman–Crippen MR) is 74.1 cm³/mol. The topological polar surface area (TPSA) is 49.8 Å². The van der Waals surface area contributed by atoms with Crippen molar-refractivity contribution in [2.24, 2.45) is 0 Å². The first-order chi connectivity index (χ1) is 8.91. The molecular formula is C15H21NO3. The number of aliphatic hydroxyl groups is 1. The Morgan fingerprint density at radius 3 is 2.79 bits per heavy atom. The van der Waals surface area contributed by atoms with Gasteiger partial charge in [0.1, 0.15) is 0 Å². The van der Waals surface area contributed by atoms with E-state index in [0.29, 0.717) is 19.6 Å². The molecule has 0 bridgehead atoms. The molecule has 0 saturated carbocycles. The Labute approximate surface area is 114 Å². The summed E-state index contributed by atoms with van der Waals surface area (Å²) in [5.74, 6) is -0.0433. The molecule has 0 fully saturated rings. The number of hydrogen-bond acceptors (Lipinski definition) is 3. The number of amides is 1. The fourth-order valence-corrected chi connectivity index (χ4v) is 2.41. The van der Waals surface area contributed by atoms with Gasteiger partial charge in [-0.2, -0.15) is 0 Å². The SMILES string of the molecule is CC(=O)N1CC(C)(C)OCCC(O)c2ccccc21. The molecule has 104 valence electrons. The zero-order chi connectivity index (χ0) is 14.0. The van der Waals surface area contributed by atoms with Crippen molar-refractivity contribution in [3.63, 3.8) is 0 Å². The summed E-state index contributed by atoms with van der Waals surface area (Å²) < 4.78 is 5.78. The zero-order valence-electron chi connectivity index (χ0n) is 11.7. The molecular weight excluding hydrogens is 242 g/mol. The third kappa shape index (κ3) is 3.14. The Morgan fingerprint density at radius 2 is 2.11 bits per heavy atom. The van der Waals surface area contributed by atoms with Crippen molar-refractivity contribution in [2.45, 2.75) is 38.9 Å². The van der Waals surface area contributed by atoms with Crippen LogP contribution in [0.2, 0.25) is 0 Å². The molecule has 1 heterocycles. The van der Waals surface area contributed by atoms with Gasteiger partial charge in [-0.05, 0) is 19.9 Å². The summed E-state index contributed by atoms with van der Waals surface area (Å²) in [7, 11) is 0. The summed E-state index contributed by atoms with van der Waals surface area (Å²) in [4.78, 5) is 13.6. The van der Waals surface area contributed by atoms with Crippen molar-refractivity contribution in [2.75, 3.05) is 18.1 Å². The number of fused-ring (bicyclic) bond motifs is 1. The maximum atomic E-state index is 11.9. The van der Waals surface area contributed by atoms with Crippen LogP contribution in [0.15, 0.2) is 24.3 Å². The molecule has 1 N–H and O–H groups in total. The van der Waals surface area contributed by atoms with Gasteiger partial charge < -0.3 is 14.7 Å². The van der Waals surface area contributed by atoms with Crippen molar-refractivity contribution in [1.82, 2.24) is 0 Å². The number of para-hydroxylation sites is 1. The Bertz CT molecular complexity index is 470.